The summed E-state index contributed by atoms with van der Waals surface area (Å²) in [6.07, 6.45) is -6.92. The van der Waals surface area contributed by atoms with E-state index in [9.17, 15) is 15.3 Å². The molecule has 1 saturated heterocycles. The lowest BCUT2D eigenvalue weighted by Gasteiger charge is -2.38. The third-order valence-electron chi connectivity index (χ3n) is 2.35. The third kappa shape index (κ3) is 3.77. The first-order chi connectivity index (χ1) is 8.61. The van der Waals surface area contributed by atoms with E-state index < -0.39 is 37.3 Å². The maximum atomic E-state index is 9.52. The van der Waals surface area contributed by atoms with Crippen molar-refractivity contribution < 1.29 is 34.9 Å². The van der Waals surface area contributed by atoms with Gasteiger partial charge in [0.15, 0.2) is 0 Å². The van der Waals surface area contributed by atoms with Crippen LogP contribution in [0.25, 0.3) is 10.4 Å². The van der Waals surface area contributed by atoms with E-state index in [1.165, 1.54) is 0 Å². The Morgan fingerprint density at radius 3 is 2.56 bits per heavy atom. The highest BCUT2D eigenvalue weighted by molar-refractivity contribution is 4.88. The molecule has 0 unspecified atom stereocenters. The first-order valence-electron chi connectivity index (χ1n) is 5.21. The van der Waals surface area contributed by atoms with Crippen molar-refractivity contribution in [2.45, 2.75) is 30.7 Å². The van der Waals surface area contributed by atoms with Crippen molar-refractivity contribution in [3.63, 3.8) is 0 Å². The van der Waals surface area contributed by atoms with Crippen LogP contribution >= 0.6 is 0 Å². The van der Waals surface area contributed by atoms with Crippen LogP contribution in [0.4, 0.5) is 0 Å². The molecule has 0 amide bonds. The van der Waals surface area contributed by atoms with Gasteiger partial charge in [-0.1, -0.05) is 5.11 Å². The standard InChI is InChI=1S/C8H15N3O7/c9-11-10-1-2-16-18-8-7(15)6(14)5(13)4(3-12)17-8/h4-8,12-15H,1-3H2/t4-,5-,6+,7+,8-/m1/s1. The van der Waals surface area contributed by atoms with Gasteiger partial charge in [0.1, 0.15) is 24.4 Å². The minimum Gasteiger partial charge on any atom is -0.394 e. The zero-order valence-electron chi connectivity index (χ0n) is 9.36. The van der Waals surface area contributed by atoms with Crippen LogP contribution in [-0.4, -0.2) is 70.9 Å². The summed E-state index contributed by atoms with van der Waals surface area (Å²) in [5, 5.41) is 40.5. The third-order valence-corrected chi connectivity index (χ3v) is 2.35. The van der Waals surface area contributed by atoms with Gasteiger partial charge in [0.05, 0.1) is 19.8 Å². The Morgan fingerprint density at radius 1 is 1.22 bits per heavy atom. The second-order valence-electron chi connectivity index (χ2n) is 3.57. The molecule has 10 heteroatoms. The van der Waals surface area contributed by atoms with E-state index in [0.29, 0.717) is 0 Å². The molecule has 0 spiro atoms. The highest BCUT2D eigenvalue weighted by Gasteiger charge is 2.44. The lowest BCUT2D eigenvalue weighted by molar-refractivity contribution is -0.424. The number of hydrogen-bond acceptors (Lipinski definition) is 8. The van der Waals surface area contributed by atoms with Crippen molar-refractivity contribution in [1.29, 1.82) is 0 Å². The van der Waals surface area contributed by atoms with E-state index >= 15 is 0 Å². The number of hydrogen-bond donors (Lipinski definition) is 4. The zero-order valence-corrected chi connectivity index (χ0v) is 9.36. The van der Waals surface area contributed by atoms with Crippen LogP contribution in [0.3, 0.4) is 0 Å². The van der Waals surface area contributed by atoms with Crippen molar-refractivity contribution in [3.05, 3.63) is 10.4 Å². The van der Waals surface area contributed by atoms with Crippen molar-refractivity contribution in [1.82, 2.24) is 0 Å². The predicted molar refractivity (Wildman–Crippen MR) is 54.8 cm³/mol. The van der Waals surface area contributed by atoms with E-state index in [4.69, 9.17) is 15.4 Å². The summed E-state index contributed by atoms with van der Waals surface area (Å²) in [6, 6.07) is 0. The van der Waals surface area contributed by atoms with E-state index in [1.54, 1.807) is 0 Å². The number of aliphatic hydroxyl groups excluding tert-OH is 4. The molecular weight excluding hydrogens is 250 g/mol. The van der Waals surface area contributed by atoms with Crippen LogP contribution in [0.1, 0.15) is 0 Å². The van der Waals surface area contributed by atoms with E-state index in [1.807, 2.05) is 0 Å². The van der Waals surface area contributed by atoms with Crippen LogP contribution in [0.5, 0.6) is 0 Å². The molecule has 104 valence electrons. The molecule has 4 N–H and O–H groups in total. The number of aliphatic hydroxyl groups is 4. The molecule has 0 aromatic heterocycles. The molecule has 0 aromatic carbocycles. The predicted octanol–water partition coefficient (Wildman–Crippen LogP) is -1.96. The Balaban J connectivity index is 2.41. The van der Waals surface area contributed by atoms with Crippen molar-refractivity contribution in [2.75, 3.05) is 19.8 Å². The molecule has 1 heterocycles. The lowest BCUT2D eigenvalue weighted by atomic mass is 9.99. The normalized spacial score (nSPS) is 36.1. The minimum atomic E-state index is -1.53. The number of rotatable bonds is 6. The van der Waals surface area contributed by atoms with Crippen molar-refractivity contribution in [2.24, 2.45) is 5.11 Å². The van der Waals surface area contributed by atoms with Gasteiger partial charge in [-0.25, -0.2) is 9.78 Å². The molecule has 0 bridgehead atoms. The highest BCUT2D eigenvalue weighted by atomic mass is 17.2. The summed E-state index contributed by atoms with van der Waals surface area (Å²) in [5.74, 6) is 0. The van der Waals surface area contributed by atoms with Gasteiger partial charge in [0, 0.05) is 4.91 Å². The van der Waals surface area contributed by atoms with Gasteiger partial charge in [-0.2, -0.15) is 0 Å². The van der Waals surface area contributed by atoms with Gasteiger partial charge in [-0.15, -0.1) is 0 Å². The summed E-state index contributed by atoms with van der Waals surface area (Å²) in [7, 11) is 0. The van der Waals surface area contributed by atoms with Crippen LogP contribution in [0.2, 0.25) is 0 Å². The topological polar surface area (TPSA) is 157 Å². The minimum absolute atomic E-state index is 0.0217. The molecule has 0 aromatic rings. The monoisotopic (exact) mass is 265 g/mol. The van der Waals surface area contributed by atoms with E-state index in [2.05, 4.69) is 19.8 Å². The summed E-state index contributed by atoms with van der Waals surface area (Å²) in [5.41, 5.74) is 8.00. The SMILES string of the molecule is [N-]=[N+]=NCCOO[C@H]1O[C@H](CO)[C@@H](O)[C@H](O)[C@@H]1O. The Bertz CT molecular complexity index is 296. The quantitative estimate of drug-likeness (QED) is 0.108. The van der Waals surface area contributed by atoms with Gasteiger partial charge < -0.3 is 25.2 Å². The fourth-order valence-electron chi connectivity index (χ4n) is 1.38. The number of ether oxygens (including phenoxy) is 1. The van der Waals surface area contributed by atoms with Crippen LogP contribution in [-0.2, 0) is 14.5 Å². The first kappa shape index (κ1) is 15.1. The van der Waals surface area contributed by atoms with Gasteiger partial charge in [0.2, 0.25) is 6.29 Å². The Labute approximate surface area is 102 Å². The lowest BCUT2D eigenvalue weighted by Crippen LogP contribution is -2.59. The molecule has 1 fully saturated rings. The summed E-state index contributed by atoms with van der Waals surface area (Å²) < 4.78 is 4.98. The molecule has 1 aliphatic heterocycles. The second kappa shape index (κ2) is 7.46. The van der Waals surface area contributed by atoms with Gasteiger partial charge in [0.25, 0.3) is 0 Å². The van der Waals surface area contributed by atoms with Gasteiger partial charge in [-0.3, -0.25) is 0 Å². The van der Waals surface area contributed by atoms with Crippen LogP contribution in [0.15, 0.2) is 5.11 Å². The smallest absolute Gasteiger partial charge is 0.220 e. The number of nitrogens with zero attached hydrogens (tertiary/aromatic N) is 3. The van der Waals surface area contributed by atoms with Crippen molar-refractivity contribution >= 4 is 0 Å². The largest absolute Gasteiger partial charge is 0.394 e. The average Bonchev–Trinajstić information content (AvgIpc) is 2.38. The highest BCUT2D eigenvalue weighted by Crippen LogP contribution is 2.21. The van der Waals surface area contributed by atoms with Crippen LogP contribution in [0, 0.1) is 0 Å². The van der Waals surface area contributed by atoms with E-state index in [-0.39, 0.29) is 13.2 Å². The molecule has 1 aliphatic rings. The summed E-state index contributed by atoms with van der Waals surface area (Å²) in [4.78, 5) is 11.7. The fourth-order valence-corrected chi connectivity index (χ4v) is 1.38. The molecule has 0 aliphatic carbocycles. The maximum absolute atomic E-state index is 9.52. The van der Waals surface area contributed by atoms with Crippen molar-refractivity contribution in [3.8, 4) is 0 Å². The Morgan fingerprint density at radius 2 is 1.94 bits per heavy atom. The molecule has 18 heavy (non-hydrogen) atoms. The fraction of sp³-hybridized carbons (Fsp3) is 1.00. The summed E-state index contributed by atoms with van der Waals surface area (Å²) >= 11 is 0. The molecule has 0 radical (unpaired) electrons. The molecule has 5 atom stereocenters. The van der Waals surface area contributed by atoms with Gasteiger partial charge in [-0.05, 0) is 5.53 Å². The average molecular weight is 265 g/mol. The Hall–Kier alpha value is -0.970. The summed E-state index contributed by atoms with van der Waals surface area (Å²) in [6.45, 7) is -0.601. The van der Waals surface area contributed by atoms with E-state index in [0.717, 1.165) is 0 Å². The number of azide groups is 1. The molecule has 0 saturated carbocycles. The molecule has 10 nitrogen and oxygen atoms in total. The van der Waals surface area contributed by atoms with Gasteiger partial charge >= 0.3 is 0 Å². The van der Waals surface area contributed by atoms with Crippen LogP contribution < -0.4 is 0 Å². The molecular formula is C8H15N3O7. The Kier molecular flexibility index (Phi) is 6.25. The second-order valence-corrected chi connectivity index (χ2v) is 3.57. The zero-order chi connectivity index (χ0) is 13.5. The maximum Gasteiger partial charge on any atom is 0.220 e. The first-order valence-corrected chi connectivity index (χ1v) is 5.21. The molecule has 1 rings (SSSR count).